The molecule has 2 aromatic rings. The molecule has 26 heavy (non-hydrogen) atoms. The van der Waals surface area contributed by atoms with Gasteiger partial charge in [-0.05, 0) is 56.0 Å². The van der Waals surface area contributed by atoms with E-state index in [1.54, 1.807) is 12.4 Å². The molecular formula is C21H26N4O. The first kappa shape index (κ1) is 17.0. The quantitative estimate of drug-likeness (QED) is 0.853. The highest BCUT2D eigenvalue weighted by atomic mass is 16.2. The van der Waals surface area contributed by atoms with Crippen LogP contribution >= 0.6 is 0 Å². The molecule has 0 aromatic carbocycles. The van der Waals surface area contributed by atoms with Gasteiger partial charge in [-0.3, -0.25) is 9.78 Å². The predicted octanol–water partition coefficient (Wildman–Crippen LogP) is 3.19. The van der Waals surface area contributed by atoms with Crippen LogP contribution in [-0.2, 0) is 11.3 Å². The molecule has 5 nitrogen and oxygen atoms in total. The summed E-state index contributed by atoms with van der Waals surface area (Å²) in [5, 5.41) is 0. The Kier molecular flexibility index (Phi) is 4.62. The summed E-state index contributed by atoms with van der Waals surface area (Å²) >= 11 is 0. The molecule has 4 heterocycles. The average Bonchev–Trinajstić information content (AvgIpc) is 2.66. The Labute approximate surface area is 155 Å². The Morgan fingerprint density at radius 2 is 1.96 bits per heavy atom. The first-order valence-corrected chi connectivity index (χ1v) is 9.49. The zero-order valence-corrected chi connectivity index (χ0v) is 15.4. The lowest BCUT2D eigenvalue weighted by atomic mass is 9.73. The van der Waals surface area contributed by atoms with Crippen molar-refractivity contribution in [3.05, 3.63) is 54.0 Å². The largest absolute Gasteiger partial charge is 0.356 e. The monoisotopic (exact) mass is 350 g/mol. The van der Waals surface area contributed by atoms with E-state index in [1.807, 2.05) is 30.0 Å². The molecule has 2 aliphatic heterocycles. The number of piperidine rings is 2. The van der Waals surface area contributed by atoms with Gasteiger partial charge in [0.25, 0.3) is 0 Å². The number of likely N-dealkylation sites (tertiary alicyclic amines) is 1. The van der Waals surface area contributed by atoms with Crippen molar-refractivity contribution in [1.82, 2.24) is 14.9 Å². The van der Waals surface area contributed by atoms with E-state index in [1.165, 1.54) is 6.42 Å². The van der Waals surface area contributed by atoms with Crippen molar-refractivity contribution in [2.45, 2.75) is 39.2 Å². The van der Waals surface area contributed by atoms with Crippen LogP contribution < -0.4 is 4.90 Å². The van der Waals surface area contributed by atoms with E-state index in [0.29, 0.717) is 13.0 Å². The van der Waals surface area contributed by atoms with E-state index in [2.05, 4.69) is 22.0 Å². The number of rotatable bonds is 3. The Morgan fingerprint density at radius 3 is 2.77 bits per heavy atom. The van der Waals surface area contributed by atoms with Crippen molar-refractivity contribution in [1.29, 1.82) is 0 Å². The van der Waals surface area contributed by atoms with Crippen LogP contribution in [0.1, 0.15) is 36.9 Å². The number of nitrogens with zero attached hydrogens (tertiary/aromatic N) is 4. The lowest BCUT2D eigenvalue weighted by molar-refractivity contribution is -0.138. The van der Waals surface area contributed by atoms with Crippen molar-refractivity contribution < 1.29 is 4.79 Å². The number of aryl methyl sites for hydroxylation is 1. The number of hydrogen-bond acceptors (Lipinski definition) is 4. The summed E-state index contributed by atoms with van der Waals surface area (Å²) < 4.78 is 0. The van der Waals surface area contributed by atoms with Gasteiger partial charge in [0.1, 0.15) is 5.82 Å². The summed E-state index contributed by atoms with van der Waals surface area (Å²) in [5.41, 5.74) is 2.39. The van der Waals surface area contributed by atoms with Gasteiger partial charge in [-0.1, -0.05) is 6.07 Å². The van der Waals surface area contributed by atoms with Crippen molar-refractivity contribution in [3.63, 3.8) is 0 Å². The minimum atomic E-state index is 0.185. The molecule has 0 bridgehead atoms. The van der Waals surface area contributed by atoms with E-state index in [9.17, 15) is 4.79 Å². The van der Waals surface area contributed by atoms with Gasteiger partial charge in [0.2, 0.25) is 5.91 Å². The summed E-state index contributed by atoms with van der Waals surface area (Å²) in [6, 6.07) is 10.2. The molecule has 1 atom stereocenters. The number of anilines is 1. The van der Waals surface area contributed by atoms with Crippen LogP contribution in [0.15, 0.2) is 42.7 Å². The zero-order chi connectivity index (χ0) is 18.0. The minimum absolute atomic E-state index is 0.185. The minimum Gasteiger partial charge on any atom is -0.356 e. The van der Waals surface area contributed by atoms with Crippen LogP contribution in [0.25, 0.3) is 0 Å². The maximum atomic E-state index is 12.5. The third-order valence-electron chi connectivity index (χ3n) is 5.73. The second-order valence-electron chi connectivity index (χ2n) is 7.77. The highest BCUT2D eigenvalue weighted by molar-refractivity contribution is 5.77. The van der Waals surface area contributed by atoms with Crippen molar-refractivity contribution in [2.24, 2.45) is 5.41 Å². The van der Waals surface area contributed by atoms with E-state index in [0.717, 1.165) is 49.6 Å². The second kappa shape index (κ2) is 7.06. The number of aromatic nitrogens is 2. The van der Waals surface area contributed by atoms with Crippen molar-refractivity contribution in [2.75, 3.05) is 24.5 Å². The number of carbonyl (C=O) groups excluding carboxylic acids is 1. The SMILES string of the molecule is Cc1cccc(N2CCCC3(CCC(=O)N(Cc4ccncc4)C3)C2)n1. The fourth-order valence-electron chi connectivity index (χ4n) is 4.40. The number of amides is 1. The van der Waals surface area contributed by atoms with Crippen LogP contribution in [0.4, 0.5) is 5.82 Å². The molecule has 1 unspecified atom stereocenters. The topological polar surface area (TPSA) is 49.3 Å². The molecule has 0 N–H and O–H groups in total. The molecule has 1 amide bonds. The average molecular weight is 350 g/mol. The molecule has 0 saturated carbocycles. The van der Waals surface area contributed by atoms with Gasteiger partial charge in [0.05, 0.1) is 0 Å². The molecule has 2 aliphatic rings. The molecule has 1 spiro atoms. The fourth-order valence-corrected chi connectivity index (χ4v) is 4.40. The predicted molar refractivity (Wildman–Crippen MR) is 102 cm³/mol. The van der Waals surface area contributed by atoms with E-state index >= 15 is 0 Å². The number of pyridine rings is 2. The van der Waals surface area contributed by atoms with E-state index in [4.69, 9.17) is 4.98 Å². The zero-order valence-electron chi connectivity index (χ0n) is 15.4. The highest BCUT2D eigenvalue weighted by Crippen LogP contribution is 2.40. The third kappa shape index (κ3) is 3.57. The van der Waals surface area contributed by atoms with Gasteiger partial charge >= 0.3 is 0 Å². The van der Waals surface area contributed by atoms with Gasteiger partial charge in [0.15, 0.2) is 0 Å². The first-order valence-electron chi connectivity index (χ1n) is 9.49. The molecular weight excluding hydrogens is 324 g/mol. The summed E-state index contributed by atoms with van der Waals surface area (Å²) in [4.78, 5) is 25.8. The molecule has 5 heteroatoms. The fraction of sp³-hybridized carbons (Fsp3) is 0.476. The van der Waals surface area contributed by atoms with E-state index < -0.39 is 0 Å². The standard InChI is InChI=1S/C21H26N4O/c1-17-4-2-5-19(23-17)24-13-3-9-21(15-24)10-6-20(26)25(16-21)14-18-7-11-22-12-8-18/h2,4-5,7-8,11-12H,3,6,9-10,13-16H2,1H3. The molecule has 0 radical (unpaired) electrons. The summed E-state index contributed by atoms with van der Waals surface area (Å²) in [6.45, 7) is 5.61. The first-order chi connectivity index (χ1) is 12.6. The van der Waals surface area contributed by atoms with Crippen LogP contribution in [-0.4, -0.2) is 40.4 Å². The normalized spacial score (nSPS) is 23.5. The molecule has 4 rings (SSSR count). The molecule has 2 aromatic heterocycles. The van der Waals surface area contributed by atoms with Gasteiger partial charge in [-0.2, -0.15) is 0 Å². The molecule has 2 fully saturated rings. The number of hydrogen-bond donors (Lipinski definition) is 0. The Bertz CT molecular complexity index is 779. The Balaban J connectivity index is 1.51. The highest BCUT2D eigenvalue weighted by Gasteiger charge is 2.42. The van der Waals surface area contributed by atoms with Crippen LogP contribution in [0.2, 0.25) is 0 Å². The maximum absolute atomic E-state index is 12.5. The maximum Gasteiger partial charge on any atom is 0.222 e. The van der Waals surface area contributed by atoms with Crippen LogP contribution in [0.3, 0.4) is 0 Å². The summed E-state index contributed by atoms with van der Waals surface area (Å²) in [6.07, 6.45) is 7.58. The third-order valence-corrected chi connectivity index (χ3v) is 5.73. The second-order valence-corrected chi connectivity index (χ2v) is 7.77. The summed E-state index contributed by atoms with van der Waals surface area (Å²) in [7, 11) is 0. The van der Waals surface area contributed by atoms with Gasteiger partial charge in [0, 0.05) is 56.1 Å². The van der Waals surface area contributed by atoms with Gasteiger partial charge in [-0.25, -0.2) is 4.98 Å². The number of carbonyl (C=O) groups is 1. The molecule has 2 saturated heterocycles. The Morgan fingerprint density at radius 1 is 1.12 bits per heavy atom. The lowest BCUT2D eigenvalue weighted by Crippen LogP contribution is -2.54. The molecule has 0 aliphatic carbocycles. The molecule has 136 valence electrons. The van der Waals surface area contributed by atoms with Crippen LogP contribution in [0.5, 0.6) is 0 Å². The van der Waals surface area contributed by atoms with Gasteiger partial charge in [-0.15, -0.1) is 0 Å². The van der Waals surface area contributed by atoms with Gasteiger partial charge < -0.3 is 9.80 Å². The summed E-state index contributed by atoms with van der Waals surface area (Å²) in [5.74, 6) is 1.35. The smallest absolute Gasteiger partial charge is 0.222 e. The lowest BCUT2D eigenvalue weighted by Gasteiger charge is -2.48. The van der Waals surface area contributed by atoms with Crippen molar-refractivity contribution >= 4 is 11.7 Å². The Hall–Kier alpha value is -2.43. The van der Waals surface area contributed by atoms with Crippen LogP contribution in [0, 0.1) is 12.3 Å². The van der Waals surface area contributed by atoms with Crippen molar-refractivity contribution in [3.8, 4) is 0 Å². The van der Waals surface area contributed by atoms with E-state index in [-0.39, 0.29) is 11.3 Å².